The average Bonchev–Trinajstić information content (AvgIpc) is 2.10. The molecule has 1 radical (unpaired) electrons. The quantitative estimate of drug-likeness (QED) is 0.431. The fourth-order valence-corrected chi connectivity index (χ4v) is 1.95. The van der Waals surface area contributed by atoms with Gasteiger partial charge < -0.3 is 0 Å². The van der Waals surface area contributed by atoms with Gasteiger partial charge in [-0.15, -0.1) is 5.92 Å². The molecule has 1 heteroatoms. The predicted molar refractivity (Wildman–Crippen MR) is 55.4 cm³/mol. The Labute approximate surface area is 77.4 Å². The van der Waals surface area contributed by atoms with E-state index in [1.54, 1.807) is 0 Å². The van der Waals surface area contributed by atoms with E-state index in [2.05, 4.69) is 46.7 Å². The largest absolute Gasteiger partial charge is 0.116 e. The third kappa shape index (κ3) is 1.28. The van der Waals surface area contributed by atoms with Crippen molar-refractivity contribution in [3.8, 4) is 11.8 Å². The molecule has 0 aromatic rings. The first-order chi connectivity index (χ1) is 5.58. The molecule has 0 N–H and O–H groups in total. The van der Waals surface area contributed by atoms with E-state index in [9.17, 15) is 0 Å². The molecule has 0 saturated carbocycles. The summed E-state index contributed by atoms with van der Waals surface area (Å²) >= 11 is 0. The van der Waals surface area contributed by atoms with Crippen molar-refractivity contribution in [3.05, 3.63) is 0 Å². The first kappa shape index (κ1) is 9.71. The molecule has 65 valence electrons. The van der Waals surface area contributed by atoms with Gasteiger partial charge in [0.15, 0.2) is 0 Å². The van der Waals surface area contributed by atoms with Crippen LogP contribution in [0.5, 0.6) is 0 Å². The second kappa shape index (κ2) is 3.17. The average molecular weight is 161 g/mol. The molecular formula is C11H18B. The second-order valence-electron chi connectivity index (χ2n) is 4.19. The van der Waals surface area contributed by atoms with E-state index in [0.717, 1.165) is 12.8 Å². The van der Waals surface area contributed by atoms with Crippen LogP contribution in [-0.4, -0.2) is 7.28 Å². The minimum atomic E-state index is 0.208. The summed E-state index contributed by atoms with van der Waals surface area (Å²) < 4.78 is 0. The number of rotatable bonds is 2. The van der Waals surface area contributed by atoms with Gasteiger partial charge in [-0.3, -0.25) is 0 Å². The SMILES string of the molecule is C[B][C@]1(C)CCC#CC1(C)CC. The van der Waals surface area contributed by atoms with Crippen LogP contribution in [-0.2, 0) is 0 Å². The zero-order valence-electron chi connectivity index (χ0n) is 8.70. The predicted octanol–water partition coefficient (Wildman–Crippen LogP) is 3.13. The van der Waals surface area contributed by atoms with Gasteiger partial charge in [0.25, 0.3) is 0 Å². The number of hydrogen-bond donors (Lipinski definition) is 0. The van der Waals surface area contributed by atoms with Gasteiger partial charge in [0, 0.05) is 11.8 Å². The minimum absolute atomic E-state index is 0.208. The van der Waals surface area contributed by atoms with Crippen LogP contribution >= 0.6 is 0 Å². The standard InChI is InChI=1S/C11H18B/c1-5-10(2)8-6-7-9-11(10,3)12-4/h5,7,9H2,1-4H3/t10?,11-/m1/s1. The third-order valence-electron chi connectivity index (χ3n) is 3.74. The summed E-state index contributed by atoms with van der Waals surface area (Å²) in [4.78, 5) is 0. The minimum Gasteiger partial charge on any atom is -0.103 e. The van der Waals surface area contributed by atoms with E-state index < -0.39 is 0 Å². The molecular weight excluding hydrogens is 143 g/mol. The van der Waals surface area contributed by atoms with E-state index >= 15 is 0 Å². The summed E-state index contributed by atoms with van der Waals surface area (Å²) in [5.41, 5.74) is 0.208. The molecule has 1 aliphatic carbocycles. The summed E-state index contributed by atoms with van der Waals surface area (Å²) in [5.74, 6) is 6.65. The zero-order valence-corrected chi connectivity index (χ0v) is 8.70. The van der Waals surface area contributed by atoms with Gasteiger partial charge in [-0.05, 0) is 25.1 Å². The topological polar surface area (TPSA) is 0 Å². The highest BCUT2D eigenvalue weighted by molar-refractivity contribution is 6.38. The van der Waals surface area contributed by atoms with E-state index in [0.29, 0.717) is 5.31 Å². The highest BCUT2D eigenvalue weighted by Crippen LogP contribution is 2.51. The Hall–Kier alpha value is -0.375. The van der Waals surface area contributed by atoms with Gasteiger partial charge in [0.1, 0.15) is 7.28 Å². The Kier molecular flexibility index (Phi) is 2.56. The molecule has 2 atom stereocenters. The molecule has 1 rings (SSSR count). The molecule has 0 amide bonds. The van der Waals surface area contributed by atoms with Crippen LogP contribution in [0.4, 0.5) is 0 Å². The molecule has 0 heterocycles. The van der Waals surface area contributed by atoms with Gasteiger partial charge in [-0.2, -0.15) is 0 Å². The van der Waals surface area contributed by atoms with Crippen LogP contribution in [0, 0.1) is 17.3 Å². The molecule has 0 aliphatic heterocycles. The second-order valence-corrected chi connectivity index (χ2v) is 4.19. The highest BCUT2D eigenvalue weighted by atomic mass is 14.4. The highest BCUT2D eigenvalue weighted by Gasteiger charge is 2.41. The van der Waals surface area contributed by atoms with E-state index in [4.69, 9.17) is 0 Å². The van der Waals surface area contributed by atoms with E-state index in [1.165, 1.54) is 6.42 Å². The van der Waals surface area contributed by atoms with Crippen molar-refractivity contribution in [2.45, 2.75) is 52.2 Å². The van der Waals surface area contributed by atoms with Crippen molar-refractivity contribution in [1.82, 2.24) is 0 Å². The molecule has 0 bridgehead atoms. The first-order valence-corrected chi connectivity index (χ1v) is 4.88. The van der Waals surface area contributed by atoms with Gasteiger partial charge in [-0.25, -0.2) is 0 Å². The van der Waals surface area contributed by atoms with Crippen molar-refractivity contribution < 1.29 is 0 Å². The van der Waals surface area contributed by atoms with Crippen LogP contribution in [0.2, 0.25) is 12.1 Å². The van der Waals surface area contributed by atoms with Crippen LogP contribution in [0.3, 0.4) is 0 Å². The molecule has 0 aromatic heterocycles. The summed E-state index contributed by atoms with van der Waals surface area (Å²) in [6.45, 7) is 9.03. The maximum Gasteiger partial charge on any atom is 0.116 e. The summed E-state index contributed by atoms with van der Waals surface area (Å²) in [6.07, 6.45) is 3.44. The summed E-state index contributed by atoms with van der Waals surface area (Å²) in [6, 6.07) is 0. The molecule has 12 heavy (non-hydrogen) atoms. The van der Waals surface area contributed by atoms with E-state index in [1.807, 2.05) is 0 Å². The lowest BCUT2D eigenvalue weighted by Gasteiger charge is -2.44. The Balaban J connectivity index is 2.97. The lowest BCUT2D eigenvalue weighted by Crippen LogP contribution is -2.35. The molecule has 1 unspecified atom stereocenters. The fourth-order valence-electron chi connectivity index (χ4n) is 1.95. The molecule has 0 saturated heterocycles. The van der Waals surface area contributed by atoms with Crippen molar-refractivity contribution in [2.24, 2.45) is 5.41 Å². The lowest BCUT2D eigenvalue weighted by atomic mass is 9.41. The van der Waals surface area contributed by atoms with Gasteiger partial charge in [0.05, 0.1) is 0 Å². The Morgan fingerprint density at radius 3 is 2.50 bits per heavy atom. The summed E-state index contributed by atoms with van der Waals surface area (Å²) in [7, 11) is 2.34. The monoisotopic (exact) mass is 161 g/mol. The smallest absolute Gasteiger partial charge is 0.103 e. The fraction of sp³-hybridized carbons (Fsp3) is 0.818. The zero-order chi connectivity index (χ0) is 9.24. The number of hydrogen-bond acceptors (Lipinski definition) is 0. The molecule has 1 aliphatic rings. The lowest BCUT2D eigenvalue weighted by molar-refractivity contribution is 0.275. The summed E-state index contributed by atoms with van der Waals surface area (Å²) in [5, 5.41) is 0.326. The normalized spacial score (nSPS) is 40.0. The molecule has 0 spiro atoms. The van der Waals surface area contributed by atoms with Gasteiger partial charge in [-0.1, -0.05) is 26.6 Å². The Bertz CT molecular complexity index is 223. The maximum absolute atomic E-state index is 3.41. The van der Waals surface area contributed by atoms with Crippen LogP contribution in [0.1, 0.15) is 40.0 Å². The van der Waals surface area contributed by atoms with Gasteiger partial charge in [0.2, 0.25) is 0 Å². The Morgan fingerprint density at radius 2 is 2.08 bits per heavy atom. The Morgan fingerprint density at radius 1 is 1.42 bits per heavy atom. The van der Waals surface area contributed by atoms with Gasteiger partial charge >= 0.3 is 0 Å². The van der Waals surface area contributed by atoms with Crippen molar-refractivity contribution in [1.29, 1.82) is 0 Å². The maximum atomic E-state index is 3.41. The van der Waals surface area contributed by atoms with Crippen molar-refractivity contribution in [2.75, 3.05) is 0 Å². The third-order valence-corrected chi connectivity index (χ3v) is 3.74. The molecule has 0 fully saturated rings. The van der Waals surface area contributed by atoms with Crippen molar-refractivity contribution >= 4 is 7.28 Å². The van der Waals surface area contributed by atoms with Crippen molar-refractivity contribution in [3.63, 3.8) is 0 Å². The van der Waals surface area contributed by atoms with Crippen LogP contribution in [0.25, 0.3) is 0 Å². The van der Waals surface area contributed by atoms with Crippen LogP contribution in [0.15, 0.2) is 0 Å². The van der Waals surface area contributed by atoms with Crippen LogP contribution < -0.4 is 0 Å². The van der Waals surface area contributed by atoms with E-state index in [-0.39, 0.29) is 5.41 Å². The molecule has 0 nitrogen and oxygen atoms in total. The molecule has 0 aromatic carbocycles. The first-order valence-electron chi connectivity index (χ1n) is 4.88.